The average molecular weight is 411 g/mol. The summed E-state index contributed by atoms with van der Waals surface area (Å²) in [4.78, 5) is 19.3. The van der Waals surface area contributed by atoms with E-state index in [2.05, 4.69) is 60.2 Å². The average Bonchev–Trinajstić information content (AvgIpc) is 2.78. The van der Waals surface area contributed by atoms with Crippen LogP contribution in [0.25, 0.3) is 0 Å². The van der Waals surface area contributed by atoms with E-state index in [0.29, 0.717) is 19.7 Å². The van der Waals surface area contributed by atoms with Gasteiger partial charge in [0, 0.05) is 38.4 Å². The number of aryl methyl sites for hydroxylation is 1. The first-order chi connectivity index (χ1) is 14.6. The maximum absolute atomic E-state index is 12.8. The van der Waals surface area contributed by atoms with Crippen molar-refractivity contribution in [2.75, 3.05) is 62.6 Å². The van der Waals surface area contributed by atoms with Gasteiger partial charge in [0.15, 0.2) is 0 Å². The molecule has 2 aromatic rings. The summed E-state index contributed by atoms with van der Waals surface area (Å²) in [6.45, 7) is 13.0. The van der Waals surface area contributed by atoms with E-state index in [9.17, 15) is 4.79 Å². The van der Waals surface area contributed by atoms with Gasteiger partial charge in [0.1, 0.15) is 12.4 Å². The number of benzene rings is 2. The molecule has 0 atom stereocenters. The molecule has 0 aliphatic carbocycles. The molecule has 0 saturated carbocycles. The molecule has 0 radical (unpaired) electrons. The van der Waals surface area contributed by atoms with Crippen molar-refractivity contribution in [1.29, 1.82) is 0 Å². The van der Waals surface area contributed by atoms with E-state index in [-0.39, 0.29) is 6.03 Å². The number of nitrogens with zero attached hydrogens (tertiary/aromatic N) is 3. The molecular formula is C24H34N4O2. The van der Waals surface area contributed by atoms with Crippen LogP contribution in [0.4, 0.5) is 16.2 Å². The monoisotopic (exact) mass is 410 g/mol. The SMILES string of the molecule is CCN(CC)CCOc1ccccc1NC(=O)N1CCN(c2cccc(C)c2)CC1. The van der Waals surface area contributed by atoms with Crippen LogP contribution in [0.5, 0.6) is 5.75 Å². The van der Waals surface area contributed by atoms with Crippen LogP contribution in [0.3, 0.4) is 0 Å². The van der Waals surface area contributed by atoms with Gasteiger partial charge in [-0.25, -0.2) is 4.79 Å². The summed E-state index contributed by atoms with van der Waals surface area (Å²) in [5, 5.41) is 3.04. The first-order valence-electron chi connectivity index (χ1n) is 10.9. The predicted molar refractivity (Wildman–Crippen MR) is 124 cm³/mol. The molecule has 1 aliphatic rings. The number of rotatable bonds is 8. The zero-order chi connectivity index (χ0) is 21.3. The van der Waals surface area contributed by atoms with E-state index in [4.69, 9.17) is 4.74 Å². The largest absolute Gasteiger partial charge is 0.490 e. The Kier molecular flexibility index (Phi) is 7.97. The summed E-state index contributed by atoms with van der Waals surface area (Å²) in [6, 6.07) is 16.1. The van der Waals surface area contributed by atoms with Crippen molar-refractivity contribution in [3.05, 3.63) is 54.1 Å². The van der Waals surface area contributed by atoms with Gasteiger partial charge in [-0.05, 0) is 49.8 Å². The molecule has 30 heavy (non-hydrogen) atoms. The summed E-state index contributed by atoms with van der Waals surface area (Å²) < 4.78 is 5.96. The molecule has 1 fully saturated rings. The van der Waals surface area contributed by atoms with Crippen LogP contribution in [0.2, 0.25) is 0 Å². The molecule has 0 unspecified atom stereocenters. The molecule has 1 saturated heterocycles. The van der Waals surface area contributed by atoms with E-state index in [1.807, 2.05) is 29.2 Å². The molecule has 1 heterocycles. The first kappa shape index (κ1) is 22.0. The number of ether oxygens (including phenoxy) is 1. The van der Waals surface area contributed by atoms with Crippen LogP contribution in [0, 0.1) is 6.92 Å². The molecule has 2 amide bonds. The van der Waals surface area contributed by atoms with Crippen molar-refractivity contribution in [2.45, 2.75) is 20.8 Å². The Morgan fingerprint density at radius 2 is 1.77 bits per heavy atom. The minimum atomic E-state index is -0.0707. The van der Waals surface area contributed by atoms with Crippen LogP contribution in [0.15, 0.2) is 48.5 Å². The number of carbonyl (C=O) groups excluding carboxylic acids is 1. The van der Waals surface area contributed by atoms with E-state index in [1.165, 1.54) is 11.3 Å². The number of likely N-dealkylation sites (N-methyl/N-ethyl adjacent to an activating group) is 1. The Labute approximate surface area is 180 Å². The number of carbonyl (C=O) groups is 1. The van der Waals surface area contributed by atoms with E-state index in [0.717, 1.165) is 44.2 Å². The number of hydrogen-bond acceptors (Lipinski definition) is 4. The number of piperazine rings is 1. The highest BCUT2D eigenvalue weighted by molar-refractivity contribution is 5.91. The Balaban J connectivity index is 1.53. The minimum absolute atomic E-state index is 0.0707. The Morgan fingerprint density at radius 3 is 2.47 bits per heavy atom. The minimum Gasteiger partial charge on any atom is -0.490 e. The lowest BCUT2D eigenvalue weighted by Crippen LogP contribution is -2.50. The fourth-order valence-electron chi connectivity index (χ4n) is 3.71. The number of anilines is 2. The third kappa shape index (κ3) is 5.89. The number of para-hydroxylation sites is 2. The second-order valence-electron chi connectivity index (χ2n) is 7.61. The summed E-state index contributed by atoms with van der Waals surface area (Å²) in [7, 11) is 0. The maximum Gasteiger partial charge on any atom is 0.322 e. The van der Waals surface area contributed by atoms with Gasteiger partial charge in [0.05, 0.1) is 5.69 Å². The van der Waals surface area contributed by atoms with Crippen LogP contribution >= 0.6 is 0 Å². The van der Waals surface area contributed by atoms with Crippen LogP contribution in [-0.2, 0) is 0 Å². The van der Waals surface area contributed by atoms with Crippen molar-refractivity contribution in [2.24, 2.45) is 0 Å². The van der Waals surface area contributed by atoms with Gasteiger partial charge in [0.2, 0.25) is 0 Å². The number of nitrogens with one attached hydrogen (secondary N) is 1. The number of amides is 2. The molecule has 0 aromatic heterocycles. The third-order valence-electron chi connectivity index (χ3n) is 5.62. The zero-order valence-corrected chi connectivity index (χ0v) is 18.4. The third-order valence-corrected chi connectivity index (χ3v) is 5.62. The Hall–Kier alpha value is -2.73. The van der Waals surface area contributed by atoms with E-state index >= 15 is 0 Å². The molecule has 3 rings (SSSR count). The number of hydrogen-bond donors (Lipinski definition) is 1. The quantitative estimate of drug-likeness (QED) is 0.713. The molecule has 2 aromatic carbocycles. The van der Waals surface area contributed by atoms with Crippen molar-refractivity contribution < 1.29 is 9.53 Å². The van der Waals surface area contributed by atoms with Crippen molar-refractivity contribution in [1.82, 2.24) is 9.80 Å². The Bertz CT molecular complexity index is 814. The molecule has 162 valence electrons. The molecule has 6 nitrogen and oxygen atoms in total. The Morgan fingerprint density at radius 1 is 1.03 bits per heavy atom. The summed E-state index contributed by atoms with van der Waals surface area (Å²) in [5.41, 5.74) is 3.20. The lowest BCUT2D eigenvalue weighted by molar-refractivity contribution is 0.207. The lowest BCUT2D eigenvalue weighted by atomic mass is 10.2. The standard InChI is InChI=1S/C24H34N4O2/c1-4-26(5-2)17-18-30-23-12-7-6-11-22(23)25-24(29)28-15-13-27(14-16-28)21-10-8-9-20(3)19-21/h6-12,19H,4-5,13-18H2,1-3H3,(H,25,29). The van der Waals surface area contributed by atoms with E-state index < -0.39 is 0 Å². The number of urea groups is 1. The van der Waals surface area contributed by atoms with Gasteiger partial charge in [-0.1, -0.05) is 38.1 Å². The van der Waals surface area contributed by atoms with Crippen molar-refractivity contribution in [3.8, 4) is 5.75 Å². The van der Waals surface area contributed by atoms with Crippen molar-refractivity contribution >= 4 is 17.4 Å². The smallest absolute Gasteiger partial charge is 0.322 e. The summed E-state index contributed by atoms with van der Waals surface area (Å²) in [5.74, 6) is 0.719. The fraction of sp³-hybridized carbons (Fsp3) is 0.458. The first-order valence-corrected chi connectivity index (χ1v) is 10.9. The second-order valence-corrected chi connectivity index (χ2v) is 7.61. The van der Waals surface area contributed by atoms with Crippen molar-refractivity contribution in [3.63, 3.8) is 0 Å². The van der Waals surface area contributed by atoms with Gasteiger partial charge in [-0.3, -0.25) is 0 Å². The second kappa shape index (κ2) is 10.9. The van der Waals surface area contributed by atoms with Crippen LogP contribution in [0.1, 0.15) is 19.4 Å². The predicted octanol–water partition coefficient (Wildman–Crippen LogP) is 4.07. The highest BCUT2D eigenvalue weighted by atomic mass is 16.5. The van der Waals surface area contributed by atoms with E-state index in [1.54, 1.807) is 0 Å². The summed E-state index contributed by atoms with van der Waals surface area (Å²) >= 11 is 0. The zero-order valence-electron chi connectivity index (χ0n) is 18.4. The van der Waals surface area contributed by atoms with Gasteiger partial charge >= 0.3 is 6.03 Å². The molecule has 0 spiro atoms. The van der Waals surface area contributed by atoms with Crippen LogP contribution < -0.4 is 15.0 Å². The maximum atomic E-state index is 12.8. The topological polar surface area (TPSA) is 48.1 Å². The van der Waals surface area contributed by atoms with Gasteiger partial charge in [-0.2, -0.15) is 0 Å². The van der Waals surface area contributed by atoms with Gasteiger partial charge in [-0.15, -0.1) is 0 Å². The molecule has 6 heteroatoms. The fourth-order valence-corrected chi connectivity index (χ4v) is 3.71. The molecule has 0 bridgehead atoms. The van der Waals surface area contributed by atoms with Gasteiger partial charge in [0.25, 0.3) is 0 Å². The molecule has 1 aliphatic heterocycles. The molecule has 1 N–H and O–H groups in total. The summed E-state index contributed by atoms with van der Waals surface area (Å²) in [6.07, 6.45) is 0. The highest BCUT2D eigenvalue weighted by Crippen LogP contribution is 2.24. The lowest BCUT2D eigenvalue weighted by Gasteiger charge is -2.36. The highest BCUT2D eigenvalue weighted by Gasteiger charge is 2.22. The van der Waals surface area contributed by atoms with Gasteiger partial charge < -0.3 is 24.8 Å². The molecular weight excluding hydrogens is 376 g/mol. The normalized spacial score (nSPS) is 14.1. The van der Waals surface area contributed by atoms with Crippen LogP contribution in [-0.4, -0.2) is 68.3 Å².